The number of carbonyl (C=O) groups is 1. The molecule has 1 atom stereocenters. The molecule has 1 fully saturated rings. The highest BCUT2D eigenvalue weighted by atomic mass is 16.5. The fraction of sp³-hybridized carbons (Fsp3) is 0.412. The molecule has 7 heteroatoms. The number of amides is 2. The number of urea groups is 1. The number of aromatic nitrogens is 1. The number of nitrogens with one attached hydrogen (secondary N) is 1. The van der Waals surface area contributed by atoms with E-state index in [0.29, 0.717) is 31.1 Å². The van der Waals surface area contributed by atoms with Crippen LogP contribution in [-0.4, -0.2) is 35.2 Å². The Labute approximate surface area is 139 Å². The molecular formula is C17H21N3O4. The minimum absolute atomic E-state index is 0.227. The van der Waals surface area contributed by atoms with E-state index in [1.807, 2.05) is 19.1 Å². The van der Waals surface area contributed by atoms with E-state index >= 15 is 0 Å². The van der Waals surface area contributed by atoms with Gasteiger partial charge in [0.05, 0.1) is 13.2 Å². The Hall–Kier alpha value is -2.54. The highest BCUT2D eigenvalue weighted by Crippen LogP contribution is 2.24. The molecule has 0 aromatic carbocycles. The number of nitrogens with zero attached hydrogens (tertiary/aromatic N) is 2. The summed E-state index contributed by atoms with van der Waals surface area (Å²) in [6, 6.07) is 5.22. The number of aryl methyl sites for hydroxylation is 3. The lowest BCUT2D eigenvalue weighted by atomic mass is 10.2. The monoisotopic (exact) mass is 331 g/mol. The van der Waals surface area contributed by atoms with Crippen LogP contribution < -0.4 is 10.9 Å². The molecule has 0 bridgehead atoms. The molecule has 0 saturated carbocycles. The highest BCUT2D eigenvalue weighted by Gasteiger charge is 2.28. The van der Waals surface area contributed by atoms with E-state index in [4.69, 9.17) is 9.15 Å². The van der Waals surface area contributed by atoms with Crippen molar-refractivity contribution in [1.82, 2.24) is 9.47 Å². The van der Waals surface area contributed by atoms with Crippen LogP contribution in [0.15, 0.2) is 33.6 Å². The van der Waals surface area contributed by atoms with Crippen molar-refractivity contribution < 1.29 is 13.9 Å². The Kier molecular flexibility index (Phi) is 4.44. The second-order valence-electron chi connectivity index (χ2n) is 5.97. The van der Waals surface area contributed by atoms with E-state index in [1.54, 1.807) is 31.1 Å². The van der Waals surface area contributed by atoms with Crippen molar-refractivity contribution in [2.24, 2.45) is 7.05 Å². The van der Waals surface area contributed by atoms with Crippen molar-refractivity contribution in [3.63, 3.8) is 0 Å². The van der Waals surface area contributed by atoms with Gasteiger partial charge >= 0.3 is 6.03 Å². The van der Waals surface area contributed by atoms with Gasteiger partial charge in [-0.3, -0.25) is 4.79 Å². The van der Waals surface area contributed by atoms with Crippen LogP contribution in [0, 0.1) is 13.8 Å². The first kappa shape index (κ1) is 16.3. The second-order valence-corrected chi connectivity index (χ2v) is 5.97. The van der Waals surface area contributed by atoms with E-state index in [2.05, 4.69) is 5.32 Å². The molecule has 0 radical (unpaired) electrons. The van der Waals surface area contributed by atoms with Gasteiger partial charge in [-0.2, -0.15) is 0 Å². The Morgan fingerprint density at radius 3 is 2.79 bits per heavy atom. The van der Waals surface area contributed by atoms with Gasteiger partial charge in [0.1, 0.15) is 23.3 Å². The summed E-state index contributed by atoms with van der Waals surface area (Å²) >= 11 is 0. The summed E-state index contributed by atoms with van der Waals surface area (Å²) < 4.78 is 12.7. The largest absolute Gasteiger partial charge is 0.464 e. The lowest BCUT2D eigenvalue weighted by molar-refractivity contribution is -0.0246. The molecule has 2 aromatic heterocycles. The number of ether oxygens (including phenoxy) is 1. The molecule has 1 saturated heterocycles. The fourth-order valence-corrected chi connectivity index (χ4v) is 2.69. The molecule has 1 unspecified atom stereocenters. The molecule has 0 spiro atoms. The number of morpholine rings is 1. The topological polar surface area (TPSA) is 76.7 Å². The zero-order valence-corrected chi connectivity index (χ0v) is 14.0. The van der Waals surface area contributed by atoms with Crippen LogP contribution in [-0.2, 0) is 11.8 Å². The first-order valence-electron chi connectivity index (χ1n) is 7.86. The lowest BCUT2D eigenvalue weighted by Gasteiger charge is -2.32. The van der Waals surface area contributed by atoms with Crippen LogP contribution in [0.4, 0.5) is 10.5 Å². The maximum Gasteiger partial charge on any atom is 0.322 e. The third kappa shape index (κ3) is 3.21. The van der Waals surface area contributed by atoms with E-state index in [0.717, 1.165) is 11.3 Å². The minimum Gasteiger partial charge on any atom is -0.464 e. The van der Waals surface area contributed by atoms with Gasteiger partial charge in [-0.05, 0) is 37.6 Å². The molecular weight excluding hydrogens is 310 g/mol. The van der Waals surface area contributed by atoms with Crippen molar-refractivity contribution in [2.75, 3.05) is 25.0 Å². The van der Waals surface area contributed by atoms with E-state index in [1.165, 1.54) is 4.57 Å². The van der Waals surface area contributed by atoms with Crippen LogP contribution in [0.3, 0.4) is 0 Å². The van der Waals surface area contributed by atoms with Gasteiger partial charge in [-0.1, -0.05) is 0 Å². The molecule has 1 aliphatic rings. The molecule has 24 heavy (non-hydrogen) atoms. The number of rotatable bonds is 2. The molecule has 128 valence electrons. The predicted molar refractivity (Wildman–Crippen MR) is 89.1 cm³/mol. The predicted octanol–water partition coefficient (Wildman–Crippen LogP) is 2.20. The van der Waals surface area contributed by atoms with Crippen LogP contribution in [0.1, 0.15) is 23.2 Å². The summed E-state index contributed by atoms with van der Waals surface area (Å²) in [5.74, 6) is 1.51. The molecule has 3 heterocycles. The third-order valence-electron chi connectivity index (χ3n) is 4.14. The van der Waals surface area contributed by atoms with E-state index in [-0.39, 0.29) is 17.7 Å². The van der Waals surface area contributed by atoms with Crippen LogP contribution in [0.25, 0.3) is 0 Å². The zero-order valence-electron chi connectivity index (χ0n) is 14.0. The Bertz CT molecular complexity index is 808. The average molecular weight is 331 g/mol. The van der Waals surface area contributed by atoms with Crippen molar-refractivity contribution in [3.05, 3.63) is 51.8 Å². The quantitative estimate of drug-likeness (QED) is 0.915. The van der Waals surface area contributed by atoms with Gasteiger partial charge in [0, 0.05) is 19.8 Å². The second kappa shape index (κ2) is 6.52. The minimum atomic E-state index is -0.307. The molecule has 3 rings (SSSR count). The van der Waals surface area contributed by atoms with Crippen molar-refractivity contribution in [3.8, 4) is 0 Å². The van der Waals surface area contributed by atoms with Crippen molar-refractivity contribution in [2.45, 2.75) is 20.0 Å². The summed E-state index contributed by atoms with van der Waals surface area (Å²) in [6.07, 6.45) is 1.38. The molecule has 2 aromatic rings. The lowest BCUT2D eigenvalue weighted by Crippen LogP contribution is -2.45. The van der Waals surface area contributed by atoms with Gasteiger partial charge in [0.2, 0.25) is 0 Å². The van der Waals surface area contributed by atoms with Crippen LogP contribution in [0.2, 0.25) is 0 Å². The van der Waals surface area contributed by atoms with Gasteiger partial charge in [0.15, 0.2) is 0 Å². The van der Waals surface area contributed by atoms with E-state index in [9.17, 15) is 9.59 Å². The zero-order chi connectivity index (χ0) is 17.3. The molecule has 1 aliphatic heterocycles. The SMILES string of the molecule is Cc1ccc(C2CN(C(=O)Nc3c(C)ccn(C)c3=O)CCO2)o1. The van der Waals surface area contributed by atoms with Gasteiger partial charge in [-0.15, -0.1) is 0 Å². The summed E-state index contributed by atoms with van der Waals surface area (Å²) in [4.78, 5) is 26.4. The first-order valence-corrected chi connectivity index (χ1v) is 7.86. The Morgan fingerprint density at radius 1 is 1.29 bits per heavy atom. The summed E-state index contributed by atoms with van der Waals surface area (Å²) in [6.45, 7) is 4.93. The maximum atomic E-state index is 12.5. The van der Waals surface area contributed by atoms with Crippen LogP contribution >= 0.6 is 0 Å². The maximum absolute atomic E-state index is 12.5. The molecule has 2 amide bonds. The standard InChI is InChI=1S/C17H21N3O4/c1-11-6-7-19(3)16(21)15(11)18-17(22)20-8-9-23-14(10-20)13-5-4-12(2)24-13/h4-7,14H,8-10H2,1-3H3,(H,18,22). The Balaban J connectivity index is 1.73. The number of pyridine rings is 1. The molecule has 1 N–H and O–H groups in total. The van der Waals surface area contributed by atoms with Crippen molar-refractivity contribution in [1.29, 1.82) is 0 Å². The number of hydrogen-bond donors (Lipinski definition) is 1. The summed E-state index contributed by atoms with van der Waals surface area (Å²) in [7, 11) is 1.65. The molecule has 0 aliphatic carbocycles. The number of furan rings is 1. The third-order valence-corrected chi connectivity index (χ3v) is 4.14. The van der Waals surface area contributed by atoms with E-state index < -0.39 is 0 Å². The van der Waals surface area contributed by atoms with Gasteiger partial charge < -0.3 is 23.9 Å². The highest BCUT2D eigenvalue weighted by molar-refractivity contribution is 5.90. The van der Waals surface area contributed by atoms with Gasteiger partial charge in [-0.25, -0.2) is 4.79 Å². The fourth-order valence-electron chi connectivity index (χ4n) is 2.69. The summed E-state index contributed by atoms with van der Waals surface area (Å²) in [5.41, 5.74) is 0.814. The Morgan fingerprint density at radius 2 is 2.08 bits per heavy atom. The van der Waals surface area contributed by atoms with Crippen molar-refractivity contribution >= 4 is 11.7 Å². The smallest absolute Gasteiger partial charge is 0.322 e. The molecule has 7 nitrogen and oxygen atoms in total. The number of anilines is 1. The van der Waals surface area contributed by atoms with Crippen LogP contribution in [0.5, 0.6) is 0 Å². The number of carbonyl (C=O) groups excluding carboxylic acids is 1. The normalized spacial score (nSPS) is 17.8. The first-order chi connectivity index (χ1) is 11.5. The van der Waals surface area contributed by atoms with Gasteiger partial charge in [0.25, 0.3) is 5.56 Å². The average Bonchev–Trinajstić information content (AvgIpc) is 3.01. The number of hydrogen-bond acceptors (Lipinski definition) is 4. The summed E-state index contributed by atoms with van der Waals surface area (Å²) in [5, 5.41) is 2.73.